The number of fused-ring (bicyclic) bond motifs is 1. The topological polar surface area (TPSA) is 92.2 Å². The molecule has 0 radical (unpaired) electrons. The molecule has 2 aromatic rings. The first-order valence-electron chi connectivity index (χ1n) is 8.91. The number of nitrogens with one attached hydrogen (secondary N) is 1. The fraction of sp³-hybridized carbons (Fsp3) is 0.474. The van der Waals surface area contributed by atoms with E-state index in [9.17, 15) is 15.3 Å². The number of halogens is 1. The minimum Gasteiger partial charge on any atom is -0.372 e. The molecule has 0 aliphatic carbocycles. The maximum atomic E-state index is 11.0. The molecule has 0 bridgehead atoms. The predicted octanol–water partition coefficient (Wildman–Crippen LogP) is 2.49. The van der Waals surface area contributed by atoms with Crippen LogP contribution in [0.4, 0.5) is 5.69 Å². The van der Waals surface area contributed by atoms with Crippen molar-refractivity contribution in [1.29, 1.82) is 0 Å². The van der Waals surface area contributed by atoms with Gasteiger partial charge in [0.25, 0.3) is 0 Å². The van der Waals surface area contributed by atoms with Crippen LogP contribution < -0.4 is 4.90 Å². The quantitative estimate of drug-likeness (QED) is 0.443. The van der Waals surface area contributed by atoms with Crippen LogP contribution in [0.1, 0.15) is 32.2 Å². The summed E-state index contributed by atoms with van der Waals surface area (Å²) >= 11 is 6.09. The van der Waals surface area contributed by atoms with Crippen LogP contribution in [0.2, 0.25) is 5.02 Å². The van der Waals surface area contributed by atoms with Crippen LogP contribution in [0.5, 0.6) is 0 Å². The first kappa shape index (κ1) is 20.1. The summed E-state index contributed by atoms with van der Waals surface area (Å²) in [4.78, 5) is 6.56. The molecule has 1 aliphatic rings. The lowest BCUT2D eigenvalue weighted by molar-refractivity contribution is -0.179. The second-order valence-electron chi connectivity index (χ2n) is 6.91. The van der Waals surface area contributed by atoms with Gasteiger partial charge in [-0.05, 0) is 44.0 Å². The van der Waals surface area contributed by atoms with Gasteiger partial charge < -0.3 is 29.9 Å². The van der Waals surface area contributed by atoms with E-state index in [1.807, 2.05) is 24.3 Å². The summed E-state index contributed by atoms with van der Waals surface area (Å²) in [6.45, 7) is 3.89. The maximum absolute atomic E-state index is 11.0. The number of nitrogens with zero attached hydrogens (tertiary/aromatic N) is 2. The van der Waals surface area contributed by atoms with Crippen molar-refractivity contribution in [3.8, 4) is 11.3 Å². The minimum atomic E-state index is -1.38. The molecule has 3 atom stereocenters. The highest BCUT2D eigenvalue weighted by molar-refractivity contribution is 6.30. The lowest BCUT2D eigenvalue weighted by Gasteiger charge is -2.49. The zero-order chi connectivity index (χ0) is 19.8. The summed E-state index contributed by atoms with van der Waals surface area (Å²) in [5.41, 5.74) is 3.03. The fourth-order valence-corrected chi connectivity index (χ4v) is 3.57. The summed E-state index contributed by atoms with van der Waals surface area (Å²) in [6, 6.07) is 9.33. The molecular formula is C19H26ClN3O4. The number of aliphatic hydroxyl groups excluding tert-OH is 2. The molecule has 0 saturated heterocycles. The number of aliphatic hydroxyl groups is 3. The summed E-state index contributed by atoms with van der Waals surface area (Å²) in [5, 5.41) is 31.7. The van der Waals surface area contributed by atoms with Gasteiger partial charge in [-0.3, -0.25) is 0 Å². The largest absolute Gasteiger partial charge is 0.372 e. The molecule has 148 valence electrons. The van der Waals surface area contributed by atoms with E-state index in [-0.39, 0.29) is 0 Å². The van der Waals surface area contributed by atoms with Crippen LogP contribution in [0.3, 0.4) is 0 Å². The number of aromatic nitrogens is 1. The van der Waals surface area contributed by atoms with Gasteiger partial charge >= 0.3 is 0 Å². The zero-order valence-electron chi connectivity index (χ0n) is 15.7. The van der Waals surface area contributed by atoms with Crippen molar-refractivity contribution < 1.29 is 20.1 Å². The molecule has 2 heterocycles. The minimum absolute atomic E-state index is 0.325. The van der Waals surface area contributed by atoms with E-state index in [0.29, 0.717) is 30.3 Å². The van der Waals surface area contributed by atoms with Gasteiger partial charge in [-0.1, -0.05) is 23.7 Å². The zero-order valence-corrected chi connectivity index (χ0v) is 16.4. The fourth-order valence-electron chi connectivity index (χ4n) is 3.38. The van der Waals surface area contributed by atoms with Gasteiger partial charge in [0.2, 0.25) is 0 Å². The number of H-pyrrole nitrogens is 1. The van der Waals surface area contributed by atoms with Crippen molar-refractivity contribution in [1.82, 2.24) is 9.88 Å². The summed E-state index contributed by atoms with van der Waals surface area (Å²) in [7, 11) is 1.78. The second-order valence-corrected chi connectivity index (χ2v) is 7.35. The third-order valence-corrected chi connectivity index (χ3v) is 5.19. The highest BCUT2D eigenvalue weighted by Crippen LogP contribution is 2.42. The van der Waals surface area contributed by atoms with Crippen LogP contribution in [0, 0.1) is 0 Å². The SMILES string of the molecule is C[C@@H](O)OCCCN1C(O)c2[nH]c(-c3cccc(Cl)c3)cc2N(C)C1(C)O. The first-order valence-corrected chi connectivity index (χ1v) is 9.29. The monoisotopic (exact) mass is 395 g/mol. The summed E-state index contributed by atoms with van der Waals surface area (Å²) < 4.78 is 5.14. The number of aromatic amines is 1. The average Bonchev–Trinajstić information content (AvgIpc) is 3.04. The average molecular weight is 396 g/mol. The van der Waals surface area contributed by atoms with E-state index in [2.05, 4.69) is 4.98 Å². The predicted molar refractivity (Wildman–Crippen MR) is 104 cm³/mol. The molecule has 4 N–H and O–H groups in total. The van der Waals surface area contributed by atoms with Crippen LogP contribution in [0.25, 0.3) is 11.3 Å². The van der Waals surface area contributed by atoms with Crippen LogP contribution in [0.15, 0.2) is 30.3 Å². The third-order valence-electron chi connectivity index (χ3n) is 4.96. The van der Waals surface area contributed by atoms with Crippen molar-refractivity contribution in [3.63, 3.8) is 0 Å². The molecular weight excluding hydrogens is 370 g/mol. The molecule has 0 amide bonds. The highest BCUT2D eigenvalue weighted by Gasteiger charge is 2.45. The van der Waals surface area contributed by atoms with E-state index in [4.69, 9.17) is 16.3 Å². The van der Waals surface area contributed by atoms with Gasteiger partial charge in [-0.25, -0.2) is 4.90 Å². The van der Waals surface area contributed by atoms with Crippen molar-refractivity contribution in [3.05, 3.63) is 41.0 Å². The molecule has 1 aliphatic heterocycles. The molecule has 1 aromatic carbocycles. The Kier molecular flexibility index (Phi) is 5.81. The molecule has 0 saturated carbocycles. The van der Waals surface area contributed by atoms with E-state index in [1.54, 1.807) is 36.8 Å². The Morgan fingerprint density at radius 2 is 2.11 bits per heavy atom. The Morgan fingerprint density at radius 1 is 1.37 bits per heavy atom. The van der Waals surface area contributed by atoms with Gasteiger partial charge in [-0.2, -0.15) is 0 Å². The van der Waals surface area contributed by atoms with E-state index < -0.39 is 18.4 Å². The Labute approximate surface area is 163 Å². The van der Waals surface area contributed by atoms with Crippen molar-refractivity contribution in [2.75, 3.05) is 25.1 Å². The van der Waals surface area contributed by atoms with Gasteiger partial charge in [-0.15, -0.1) is 0 Å². The lowest BCUT2D eigenvalue weighted by Crippen LogP contribution is -2.62. The standard InChI is InChI=1S/C19H26ClN3O4/c1-12(24)27-9-5-8-23-18(25)17-16(22(3)19(23,2)26)11-15(21-17)13-6-4-7-14(20)10-13/h4,6-7,10-12,18,21,24-26H,5,8-9H2,1-3H3/t12-,18?,19?/m0/s1. The molecule has 0 fully saturated rings. The number of hydrogen-bond acceptors (Lipinski definition) is 6. The molecule has 1 aromatic heterocycles. The number of rotatable bonds is 6. The van der Waals surface area contributed by atoms with Crippen LogP contribution >= 0.6 is 11.6 Å². The molecule has 3 rings (SSSR count). The van der Waals surface area contributed by atoms with E-state index >= 15 is 0 Å². The van der Waals surface area contributed by atoms with Gasteiger partial charge in [0.15, 0.2) is 18.4 Å². The van der Waals surface area contributed by atoms with E-state index in [0.717, 1.165) is 16.9 Å². The molecule has 7 nitrogen and oxygen atoms in total. The second kappa shape index (κ2) is 7.79. The lowest BCUT2D eigenvalue weighted by atomic mass is 10.1. The maximum Gasteiger partial charge on any atom is 0.197 e. The van der Waals surface area contributed by atoms with Crippen molar-refractivity contribution >= 4 is 17.3 Å². The smallest absolute Gasteiger partial charge is 0.197 e. The van der Waals surface area contributed by atoms with Crippen LogP contribution in [-0.2, 0) is 4.74 Å². The molecule has 2 unspecified atom stereocenters. The van der Waals surface area contributed by atoms with Crippen LogP contribution in [-0.4, -0.2) is 57.5 Å². The first-order chi connectivity index (χ1) is 12.7. The number of ether oxygens (including phenoxy) is 1. The van der Waals surface area contributed by atoms with E-state index in [1.165, 1.54) is 0 Å². The van der Waals surface area contributed by atoms with Gasteiger partial charge in [0.1, 0.15) is 0 Å². The Hall–Kier alpha value is -1.61. The summed E-state index contributed by atoms with van der Waals surface area (Å²) in [6.07, 6.45) is -1.30. The molecule has 8 heteroatoms. The normalized spacial score (nSPS) is 24.1. The number of benzene rings is 1. The molecule has 27 heavy (non-hydrogen) atoms. The molecule has 0 spiro atoms. The van der Waals surface area contributed by atoms with Gasteiger partial charge in [0, 0.05) is 24.3 Å². The summed E-state index contributed by atoms with van der Waals surface area (Å²) in [5.74, 6) is -1.38. The number of anilines is 1. The Bertz CT molecular complexity index is 793. The number of hydrogen-bond donors (Lipinski definition) is 4. The Balaban J connectivity index is 1.87. The Morgan fingerprint density at radius 3 is 2.78 bits per heavy atom. The van der Waals surface area contributed by atoms with Gasteiger partial charge in [0.05, 0.1) is 18.0 Å². The highest BCUT2D eigenvalue weighted by atomic mass is 35.5. The van der Waals surface area contributed by atoms with Crippen molar-refractivity contribution in [2.45, 2.75) is 38.6 Å². The van der Waals surface area contributed by atoms with Crippen molar-refractivity contribution in [2.24, 2.45) is 0 Å². The third kappa shape index (κ3) is 3.99.